The third kappa shape index (κ3) is 4.23. The maximum atomic E-state index is 13.4. The van der Waals surface area contributed by atoms with Crippen LogP contribution in [0.2, 0.25) is 0 Å². The van der Waals surface area contributed by atoms with E-state index in [1.807, 2.05) is 0 Å². The monoisotopic (exact) mass is 474 g/mol. The van der Waals surface area contributed by atoms with E-state index in [1.165, 1.54) is 0 Å². The Bertz CT molecular complexity index is 820. The lowest BCUT2D eigenvalue weighted by atomic mass is 9.60. The smallest absolute Gasteiger partial charge is 0.309 e. The van der Waals surface area contributed by atoms with Gasteiger partial charge in [0, 0.05) is 11.8 Å². The molecule has 4 rings (SSSR count). The molecule has 4 nitrogen and oxygen atoms in total. The highest BCUT2D eigenvalue weighted by atomic mass is 16.6. The van der Waals surface area contributed by atoms with E-state index in [9.17, 15) is 9.59 Å². The fourth-order valence-corrected chi connectivity index (χ4v) is 8.94. The second-order valence-corrected chi connectivity index (χ2v) is 16.1. The van der Waals surface area contributed by atoms with Gasteiger partial charge in [0.15, 0.2) is 0 Å². The van der Waals surface area contributed by atoms with Gasteiger partial charge < -0.3 is 9.47 Å². The summed E-state index contributed by atoms with van der Waals surface area (Å²) >= 11 is 0. The van der Waals surface area contributed by atoms with Crippen LogP contribution in [0.5, 0.6) is 0 Å². The molecule has 4 fully saturated rings. The fourth-order valence-electron chi connectivity index (χ4n) is 8.94. The Balaban J connectivity index is 1.62. The van der Waals surface area contributed by atoms with Crippen LogP contribution in [0.25, 0.3) is 0 Å². The zero-order chi connectivity index (χ0) is 25.6. The van der Waals surface area contributed by atoms with Crippen LogP contribution in [0, 0.1) is 69.0 Å². The molecule has 0 spiro atoms. The molecule has 9 atom stereocenters. The summed E-state index contributed by atoms with van der Waals surface area (Å²) in [5.41, 5.74) is 0.324. The maximum absolute atomic E-state index is 13.4. The van der Waals surface area contributed by atoms with Gasteiger partial charge >= 0.3 is 11.9 Å². The van der Waals surface area contributed by atoms with Gasteiger partial charge in [-0.05, 0) is 64.6 Å². The number of hydrogen-bond acceptors (Lipinski definition) is 4. The number of rotatable bonds is 3. The molecule has 0 aromatic rings. The van der Waals surface area contributed by atoms with Crippen molar-refractivity contribution in [3.8, 4) is 0 Å². The van der Waals surface area contributed by atoms with Crippen LogP contribution in [0.1, 0.15) is 95.4 Å². The standard InChI is InChI=1S/C30H50O4/c1-27(2,3)19-12-16-18(15-33-25(16)31)23(19)30(10,11)14-21-17-13-20(28(4,5)6)24(29(7,8)9)22(17)26(32)34-21/h16-24H,12-15H2,1-11H3. The molecule has 0 aromatic heterocycles. The number of fused-ring (bicyclic) bond motifs is 2. The summed E-state index contributed by atoms with van der Waals surface area (Å²) < 4.78 is 11.8. The average Bonchev–Trinajstić information content (AvgIpc) is 3.35. The zero-order valence-corrected chi connectivity index (χ0v) is 23.7. The maximum Gasteiger partial charge on any atom is 0.309 e. The molecule has 4 heteroatoms. The van der Waals surface area contributed by atoms with E-state index < -0.39 is 0 Å². The number of cyclic esters (lactones) is 2. The molecule has 0 bridgehead atoms. The minimum absolute atomic E-state index is 0.00161. The molecule has 9 unspecified atom stereocenters. The summed E-state index contributed by atoms with van der Waals surface area (Å²) in [5.74, 6) is 2.38. The molecule has 2 aliphatic carbocycles. The second kappa shape index (κ2) is 7.97. The van der Waals surface area contributed by atoms with Gasteiger partial charge in [-0.2, -0.15) is 0 Å². The topological polar surface area (TPSA) is 52.6 Å². The highest BCUT2D eigenvalue weighted by Gasteiger charge is 2.63. The van der Waals surface area contributed by atoms with Gasteiger partial charge in [0.2, 0.25) is 0 Å². The van der Waals surface area contributed by atoms with Crippen molar-refractivity contribution >= 4 is 11.9 Å². The second-order valence-electron chi connectivity index (χ2n) is 16.1. The van der Waals surface area contributed by atoms with Gasteiger partial charge in [0.1, 0.15) is 6.10 Å². The number of esters is 2. The minimum Gasteiger partial charge on any atom is -0.465 e. The number of carbonyl (C=O) groups excluding carboxylic acids is 2. The predicted molar refractivity (Wildman–Crippen MR) is 135 cm³/mol. The third-order valence-corrected chi connectivity index (χ3v) is 10.3. The molecule has 2 saturated carbocycles. The summed E-state index contributed by atoms with van der Waals surface area (Å²) in [4.78, 5) is 25.9. The van der Waals surface area contributed by atoms with E-state index in [4.69, 9.17) is 9.47 Å². The average molecular weight is 475 g/mol. The first kappa shape index (κ1) is 26.0. The minimum atomic E-state index is -0.0395. The lowest BCUT2D eigenvalue weighted by Crippen LogP contribution is -2.40. The van der Waals surface area contributed by atoms with Crippen molar-refractivity contribution in [2.75, 3.05) is 6.61 Å². The Labute approximate surface area is 208 Å². The first-order chi connectivity index (χ1) is 15.3. The van der Waals surface area contributed by atoms with E-state index in [-0.39, 0.29) is 57.5 Å². The van der Waals surface area contributed by atoms with E-state index in [0.29, 0.717) is 36.2 Å². The van der Waals surface area contributed by atoms with E-state index >= 15 is 0 Å². The number of carbonyl (C=O) groups is 2. The summed E-state index contributed by atoms with van der Waals surface area (Å²) in [5, 5.41) is 0. The lowest BCUT2D eigenvalue weighted by molar-refractivity contribution is -0.149. The van der Waals surface area contributed by atoms with Crippen LogP contribution in [0.4, 0.5) is 0 Å². The van der Waals surface area contributed by atoms with Gasteiger partial charge in [-0.1, -0.05) is 76.2 Å². The summed E-state index contributed by atoms with van der Waals surface area (Å²) in [6, 6.07) is 0. The van der Waals surface area contributed by atoms with Crippen molar-refractivity contribution in [1.29, 1.82) is 0 Å². The van der Waals surface area contributed by atoms with Crippen molar-refractivity contribution in [3.05, 3.63) is 0 Å². The number of ether oxygens (including phenoxy) is 2. The Kier molecular flexibility index (Phi) is 6.10. The highest BCUT2D eigenvalue weighted by Crippen LogP contribution is 2.63. The van der Waals surface area contributed by atoms with Crippen LogP contribution in [0.3, 0.4) is 0 Å². The van der Waals surface area contributed by atoms with Gasteiger partial charge in [-0.3, -0.25) is 9.59 Å². The van der Waals surface area contributed by atoms with Crippen molar-refractivity contribution in [1.82, 2.24) is 0 Å². The van der Waals surface area contributed by atoms with Crippen LogP contribution in [-0.2, 0) is 19.1 Å². The van der Waals surface area contributed by atoms with E-state index in [1.54, 1.807) is 0 Å². The van der Waals surface area contributed by atoms with Crippen LogP contribution < -0.4 is 0 Å². The molecule has 4 aliphatic rings. The summed E-state index contributed by atoms with van der Waals surface area (Å²) in [6.07, 6.45) is 2.85. The van der Waals surface area contributed by atoms with E-state index in [2.05, 4.69) is 76.2 Å². The molecule has 0 amide bonds. The van der Waals surface area contributed by atoms with Gasteiger partial charge in [-0.25, -0.2) is 0 Å². The quantitative estimate of drug-likeness (QED) is 0.424. The Hall–Kier alpha value is -1.06. The van der Waals surface area contributed by atoms with Crippen LogP contribution >= 0.6 is 0 Å². The van der Waals surface area contributed by atoms with E-state index in [0.717, 1.165) is 19.3 Å². The molecule has 0 radical (unpaired) electrons. The summed E-state index contributed by atoms with van der Waals surface area (Å²) in [7, 11) is 0. The lowest BCUT2D eigenvalue weighted by Gasteiger charge is -2.44. The molecular weight excluding hydrogens is 424 g/mol. The first-order valence-electron chi connectivity index (χ1n) is 13.7. The van der Waals surface area contributed by atoms with Crippen molar-refractivity contribution < 1.29 is 19.1 Å². The Morgan fingerprint density at radius 1 is 0.706 bits per heavy atom. The molecule has 2 aliphatic heterocycles. The fraction of sp³-hybridized carbons (Fsp3) is 0.933. The molecule has 2 heterocycles. The van der Waals surface area contributed by atoms with Crippen LogP contribution in [-0.4, -0.2) is 24.6 Å². The van der Waals surface area contributed by atoms with Gasteiger partial charge in [0.25, 0.3) is 0 Å². The third-order valence-electron chi connectivity index (χ3n) is 10.3. The molecule has 0 N–H and O–H groups in total. The largest absolute Gasteiger partial charge is 0.465 e. The van der Waals surface area contributed by atoms with Crippen molar-refractivity contribution in [2.45, 2.75) is 102 Å². The SMILES string of the molecule is CC(C)(C)C1CC2C(CC(C)(C)C3C4COC(=O)C4CC3C(C)(C)C)OC(=O)C2C1C(C)(C)C. The van der Waals surface area contributed by atoms with Crippen LogP contribution in [0.15, 0.2) is 0 Å². The molecule has 2 saturated heterocycles. The Morgan fingerprint density at radius 2 is 1.26 bits per heavy atom. The predicted octanol–water partition coefficient (Wildman–Crippen LogP) is 6.76. The zero-order valence-electron chi connectivity index (χ0n) is 23.7. The van der Waals surface area contributed by atoms with Gasteiger partial charge in [0.05, 0.1) is 18.4 Å². The Morgan fingerprint density at radius 3 is 1.79 bits per heavy atom. The highest BCUT2D eigenvalue weighted by molar-refractivity contribution is 5.76. The molecular formula is C30H50O4. The van der Waals surface area contributed by atoms with Gasteiger partial charge in [-0.15, -0.1) is 0 Å². The molecule has 0 aromatic carbocycles. The molecule has 194 valence electrons. The van der Waals surface area contributed by atoms with Crippen molar-refractivity contribution in [2.24, 2.45) is 69.0 Å². The summed E-state index contributed by atoms with van der Waals surface area (Å²) in [6.45, 7) is 26.1. The van der Waals surface area contributed by atoms with Crippen molar-refractivity contribution in [3.63, 3.8) is 0 Å². The number of hydrogen-bond donors (Lipinski definition) is 0. The first-order valence-corrected chi connectivity index (χ1v) is 13.7. The molecule has 34 heavy (non-hydrogen) atoms. The normalized spacial score (nSPS) is 40.9.